The number of hydrogen-bond acceptors (Lipinski definition) is 6. The Morgan fingerprint density at radius 2 is 1.92 bits per heavy atom. The highest BCUT2D eigenvalue weighted by atomic mass is 35.5. The fraction of sp³-hybridized carbons (Fsp3) is 0.250. The summed E-state index contributed by atoms with van der Waals surface area (Å²) in [5.74, 6) is 0.410. The van der Waals surface area contributed by atoms with E-state index >= 15 is 0 Å². The van der Waals surface area contributed by atoms with Crippen molar-refractivity contribution in [2.45, 2.75) is 6.54 Å². The molecule has 0 heterocycles. The highest BCUT2D eigenvalue weighted by molar-refractivity contribution is 7.90. The van der Waals surface area contributed by atoms with Gasteiger partial charge in [0, 0.05) is 25.4 Å². The van der Waals surface area contributed by atoms with Crippen LogP contribution in [0.3, 0.4) is 0 Å². The zero-order valence-electron chi connectivity index (χ0n) is 13.4. The van der Waals surface area contributed by atoms with Crippen LogP contribution in [0.25, 0.3) is 0 Å². The third-order valence-corrected chi connectivity index (χ3v) is 4.51. The lowest BCUT2D eigenvalue weighted by Gasteiger charge is -2.09. The third kappa shape index (κ3) is 6.00. The van der Waals surface area contributed by atoms with Gasteiger partial charge < -0.3 is 10.1 Å². The van der Waals surface area contributed by atoms with Crippen molar-refractivity contribution in [3.63, 3.8) is 0 Å². The van der Waals surface area contributed by atoms with Gasteiger partial charge in [0.25, 0.3) is 0 Å². The van der Waals surface area contributed by atoms with E-state index in [0.29, 0.717) is 22.9 Å². The molecule has 0 radical (unpaired) electrons. The van der Waals surface area contributed by atoms with Crippen LogP contribution in [0.2, 0.25) is 5.02 Å². The standard InChI is InChI=1S/C16H17ClN2O5S/c1-25(22,23)9-8-18-11-12-6-7-16(14(10-12)19(20)21)24-15-5-3-2-4-13(15)17/h2-7,10,18H,8-9,11H2,1H3. The second-order valence-electron chi connectivity index (χ2n) is 5.40. The summed E-state index contributed by atoms with van der Waals surface area (Å²) in [6, 6.07) is 11.2. The molecular weight excluding hydrogens is 368 g/mol. The summed E-state index contributed by atoms with van der Waals surface area (Å²) in [6.07, 6.45) is 1.15. The molecule has 7 nitrogen and oxygen atoms in total. The van der Waals surface area contributed by atoms with E-state index in [1.165, 1.54) is 12.1 Å². The molecule has 0 aromatic heterocycles. The first-order valence-electron chi connectivity index (χ1n) is 7.34. The fourth-order valence-corrected chi connectivity index (χ4v) is 2.73. The number of ether oxygens (including phenoxy) is 1. The lowest BCUT2D eigenvalue weighted by atomic mass is 10.2. The summed E-state index contributed by atoms with van der Waals surface area (Å²) in [5, 5.41) is 14.6. The van der Waals surface area contributed by atoms with Crippen LogP contribution in [-0.4, -0.2) is 31.9 Å². The predicted octanol–water partition coefficient (Wildman–Crippen LogP) is 3.17. The number of nitrogens with zero attached hydrogens (tertiary/aromatic N) is 1. The third-order valence-electron chi connectivity index (χ3n) is 3.26. The first kappa shape index (κ1) is 19.2. The number of nitro groups is 1. The second-order valence-corrected chi connectivity index (χ2v) is 8.07. The van der Waals surface area contributed by atoms with Gasteiger partial charge in [0.05, 0.1) is 15.7 Å². The molecule has 0 unspecified atom stereocenters. The number of hydrogen-bond donors (Lipinski definition) is 1. The Labute approximate surface area is 150 Å². The molecule has 0 spiro atoms. The number of rotatable bonds is 8. The molecule has 2 aromatic rings. The minimum atomic E-state index is -3.05. The van der Waals surface area contributed by atoms with Crippen molar-refractivity contribution in [2.24, 2.45) is 0 Å². The number of sulfone groups is 1. The molecule has 0 saturated carbocycles. The Bertz CT molecular complexity index is 871. The molecule has 0 fully saturated rings. The number of benzene rings is 2. The smallest absolute Gasteiger partial charge is 0.311 e. The molecule has 0 aliphatic rings. The fourth-order valence-electron chi connectivity index (χ4n) is 2.04. The molecule has 2 rings (SSSR count). The molecule has 0 saturated heterocycles. The zero-order chi connectivity index (χ0) is 18.4. The van der Waals surface area contributed by atoms with Crippen molar-refractivity contribution >= 4 is 27.1 Å². The highest BCUT2D eigenvalue weighted by Crippen LogP contribution is 2.35. The Morgan fingerprint density at radius 1 is 1.20 bits per heavy atom. The van der Waals surface area contributed by atoms with Gasteiger partial charge in [-0.1, -0.05) is 29.8 Å². The summed E-state index contributed by atoms with van der Waals surface area (Å²) in [7, 11) is -3.05. The highest BCUT2D eigenvalue weighted by Gasteiger charge is 2.17. The molecule has 0 aliphatic heterocycles. The molecular formula is C16H17ClN2O5S. The Morgan fingerprint density at radius 3 is 2.56 bits per heavy atom. The lowest BCUT2D eigenvalue weighted by Crippen LogP contribution is -2.21. The largest absolute Gasteiger partial charge is 0.449 e. The van der Waals surface area contributed by atoms with Crippen LogP contribution in [0.1, 0.15) is 5.56 Å². The molecule has 134 valence electrons. The molecule has 0 amide bonds. The maximum atomic E-state index is 11.3. The number of nitrogens with one attached hydrogen (secondary N) is 1. The van der Waals surface area contributed by atoms with Gasteiger partial charge in [-0.2, -0.15) is 0 Å². The average molecular weight is 385 g/mol. The van der Waals surface area contributed by atoms with E-state index in [4.69, 9.17) is 16.3 Å². The molecule has 0 bridgehead atoms. The van der Waals surface area contributed by atoms with Crippen LogP contribution in [0.5, 0.6) is 11.5 Å². The Hall–Kier alpha value is -2.16. The molecule has 9 heteroatoms. The summed E-state index contributed by atoms with van der Waals surface area (Å²) in [4.78, 5) is 10.8. The van der Waals surface area contributed by atoms with Gasteiger partial charge in [-0.05, 0) is 23.8 Å². The first-order chi connectivity index (χ1) is 11.8. The van der Waals surface area contributed by atoms with Gasteiger partial charge in [0.2, 0.25) is 5.75 Å². The quantitative estimate of drug-likeness (QED) is 0.426. The van der Waals surface area contributed by atoms with E-state index in [0.717, 1.165) is 6.26 Å². The minimum Gasteiger partial charge on any atom is -0.449 e. The van der Waals surface area contributed by atoms with Gasteiger partial charge in [-0.15, -0.1) is 0 Å². The minimum absolute atomic E-state index is 0.00277. The van der Waals surface area contributed by atoms with E-state index in [1.54, 1.807) is 30.3 Å². The summed E-state index contributed by atoms with van der Waals surface area (Å²) < 4.78 is 27.7. The van der Waals surface area contributed by atoms with Gasteiger partial charge in [0.1, 0.15) is 15.6 Å². The van der Waals surface area contributed by atoms with Crippen molar-refractivity contribution in [1.29, 1.82) is 0 Å². The normalized spacial score (nSPS) is 11.3. The summed E-state index contributed by atoms with van der Waals surface area (Å²) in [5.41, 5.74) is 0.453. The van der Waals surface area contributed by atoms with Crippen LogP contribution in [-0.2, 0) is 16.4 Å². The van der Waals surface area contributed by atoms with Crippen LogP contribution in [0, 0.1) is 10.1 Å². The lowest BCUT2D eigenvalue weighted by molar-refractivity contribution is -0.385. The Balaban J connectivity index is 2.12. The van der Waals surface area contributed by atoms with Gasteiger partial charge in [-0.25, -0.2) is 8.42 Å². The van der Waals surface area contributed by atoms with E-state index in [9.17, 15) is 18.5 Å². The number of halogens is 1. The second kappa shape index (κ2) is 8.28. The van der Waals surface area contributed by atoms with Crippen LogP contribution in [0.4, 0.5) is 5.69 Å². The van der Waals surface area contributed by atoms with Crippen LogP contribution in [0.15, 0.2) is 42.5 Å². The van der Waals surface area contributed by atoms with Gasteiger partial charge in [0.15, 0.2) is 0 Å². The van der Waals surface area contributed by atoms with Gasteiger partial charge >= 0.3 is 5.69 Å². The van der Waals surface area contributed by atoms with E-state index < -0.39 is 14.8 Å². The predicted molar refractivity (Wildman–Crippen MR) is 96.0 cm³/mol. The molecule has 0 aliphatic carbocycles. The van der Waals surface area contributed by atoms with Crippen molar-refractivity contribution in [3.05, 3.63) is 63.2 Å². The maximum absolute atomic E-state index is 11.3. The number of para-hydroxylation sites is 1. The van der Waals surface area contributed by atoms with Gasteiger partial charge in [-0.3, -0.25) is 10.1 Å². The number of nitro benzene ring substituents is 1. The molecule has 2 aromatic carbocycles. The SMILES string of the molecule is CS(=O)(=O)CCNCc1ccc(Oc2ccccc2Cl)c([N+](=O)[O-])c1. The van der Waals surface area contributed by atoms with E-state index in [1.807, 2.05) is 0 Å². The molecule has 1 N–H and O–H groups in total. The average Bonchev–Trinajstić information content (AvgIpc) is 2.53. The van der Waals surface area contributed by atoms with Crippen LogP contribution < -0.4 is 10.1 Å². The molecule has 0 atom stereocenters. The summed E-state index contributed by atoms with van der Waals surface area (Å²) >= 11 is 6.00. The van der Waals surface area contributed by atoms with Crippen LogP contribution >= 0.6 is 11.6 Å². The first-order valence-corrected chi connectivity index (χ1v) is 9.78. The maximum Gasteiger partial charge on any atom is 0.311 e. The van der Waals surface area contributed by atoms with E-state index in [2.05, 4.69) is 5.32 Å². The van der Waals surface area contributed by atoms with Crippen molar-refractivity contribution in [1.82, 2.24) is 5.32 Å². The Kier molecular flexibility index (Phi) is 6.35. The van der Waals surface area contributed by atoms with E-state index in [-0.39, 0.29) is 23.7 Å². The topological polar surface area (TPSA) is 98.5 Å². The van der Waals surface area contributed by atoms with Crippen molar-refractivity contribution < 1.29 is 18.1 Å². The summed E-state index contributed by atoms with van der Waals surface area (Å²) in [6.45, 7) is 0.577. The van der Waals surface area contributed by atoms with Crippen molar-refractivity contribution in [3.8, 4) is 11.5 Å². The van der Waals surface area contributed by atoms with Crippen molar-refractivity contribution in [2.75, 3.05) is 18.6 Å². The molecule has 25 heavy (non-hydrogen) atoms. The zero-order valence-corrected chi connectivity index (χ0v) is 15.0. The monoisotopic (exact) mass is 384 g/mol.